The van der Waals surface area contributed by atoms with Gasteiger partial charge in [-0.05, 0) is 60.0 Å². The summed E-state index contributed by atoms with van der Waals surface area (Å²) in [6.07, 6.45) is 0. The Morgan fingerprint density at radius 3 is 2.30 bits per heavy atom. The van der Waals surface area contributed by atoms with Gasteiger partial charge < -0.3 is 10.1 Å². The van der Waals surface area contributed by atoms with Crippen molar-refractivity contribution in [1.82, 2.24) is 0 Å². The minimum atomic E-state index is -3.85. The van der Waals surface area contributed by atoms with Gasteiger partial charge in [0.2, 0.25) is 0 Å². The molecule has 30 heavy (non-hydrogen) atoms. The number of nitrogens with one attached hydrogen (secondary N) is 2. The number of benzene rings is 3. The van der Waals surface area contributed by atoms with Gasteiger partial charge in [-0.3, -0.25) is 9.52 Å². The number of para-hydroxylation sites is 1. The van der Waals surface area contributed by atoms with E-state index < -0.39 is 10.0 Å². The largest absolute Gasteiger partial charge is 0.497 e. The fraction of sp³-hybridized carbons (Fsp3) is 0.174. The highest BCUT2D eigenvalue weighted by atomic mass is 32.2. The second-order valence-electron chi connectivity index (χ2n) is 7.06. The molecule has 0 bridgehead atoms. The zero-order valence-electron chi connectivity index (χ0n) is 17.0. The smallest absolute Gasteiger partial charge is 0.261 e. The van der Waals surface area contributed by atoms with Gasteiger partial charge in [-0.2, -0.15) is 0 Å². The average molecular weight is 425 g/mol. The standard InChI is InChI=1S/C23H24N2O4S/c1-16(2)21-9-4-5-10-22(21)24-23(26)17-7-6-8-20(15-17)30(27,28)25-18-11-13-19(29-3)14-12-18/h4-16,25H,1-3H3,(H,24,26). The SMILES string of the molecule is COc1ccc(NS(=O)(=O)c2cccc(C(=O)Nc3ccccc3C(C)C)c2)cc1. The Morgan fingerprint density at radius 1 is 0.933 bits per heavy atom. The van der Waals surface area contributed by atoms with Crippen LogP contribution < -0.4 is 14.8 Å². The molecule has 0 aliphatic heterocycles. The molecule has 156 valence electrons. The molecular formula is C23H24N2O4S. The summed E-state index contributed by atoms with van der Waals surface area (Å²) >= 11 is 0. The first-order chi connectivity index (χ1) is 14.3. The van der Waals surface area contributed by atoms with Crippen LogP contribution in [0.5, 0.6) is 5.75 Å². The molecule has 0 aliphatic rings. The van der Waals surface area contributed by atoms with Crippen LogP contribution in [0.3, 0.4) is 0 Å². The van der Waals surface area contributed by atoms with E-state index in [9.17, 15) is 13.2 Å². The summed E-state index contributed by atoms with van der Waals surface area (Å²) in [5.41, 5.74) is 2.38. The maximum absolute atomic E-state index is 12.8. The first-order valence-electron chi connectivity index (χ1n) is 9.47. The summed E-state index contributed by atoms with van der Waals surface area (Å²) in [5.74, 6) is 0.491. The second-order valence-corrected chi connectivity index (χ2v) is 8.74. The van der Waals surface area contributed by atoms with Crippen molar-refractivity contribution in [2.24, 2.45) is 0 Å². The number of ether oxygens (including phenoxy) is 1. The lowest BCUT2D eigenvalue weighted by atomic mass is 10.0. The molecule has 0 aromatic heterocycles. The van der Waals surface area contributed by atoms with Gasteiger partial charge in [0.1, 0.15) is 5.75 Å². The van der Waals surface area contributed by atoms with Gasteiger partial charge in [0.25, 0.3) is 15.9 Å². The molecule has 3 aromatic carbocycles. The molecule has 0 unspecified atom stereocenters. The Bertz CT molecular complexity index is 1140. The van der Waals surface area contributed by atoms with Gasteiger partial charge in [-0.25, -0.2) is 8.42 Å². The first kappa shape index (κ1) is 21.4. The van der Waals surface area contributed by atoms with Gasteiger partial charge in [-0.1, -0.05) is 38.1 Å². The Hall–Kier alpha value is -3.32. The summed E-state index contributed by atoms with van der Waals surface area (Å²) < 4.78 is 33.1. The maximum atomic E-state index is 12.8. The summed E-state index contributed by atoms with van der Waals surface area (Å²) in [6, 6.07) is 20.0. The number of anilines is 2. The van der Waals surface area contributed by atoms with Crippen molar-refractivity contribution >= 4 is 27.3 Å². The van der Waals surface area contributed by atoms with Gasteiger partial charge in [0, 0.05) is 16.9 Å². The molecule has 0 atom stereocenters. The number of hydrogen-bond acceptors (Lipinski definition) is 4. The predicted octanol–water partition coefficient (Wildman–Crippen LogP) is 4.87. The van der Waals surface area contributed by atoms with Crippen LogP contribution >= 0.6 is 0 Å². The number of carbonyl (C=O) groups excluding carboxylic acids is 1. The molecule has 0 aliphatic carbocycles. The third-order valence-corrected chi connectivity index (χ3v) is 5.96. The average Bonchev–Trinajstić information content (AvgIpc) is 2.74. The zero-order chi connectivity index (χ0) is 21.7. The molecule has 2 N–H and O–H groups in total. The van der Waals surface area contributed by atoms with Gasteiger partial charge in [0.05, 0.1) is 12.0 Å². The number of sulfonamides is 1. The summed E-state index contributed by atoms with van der Waals surface area (Å²) in [5, 5.41) is 2.88. The number of rotatable bonds is 7. The number of carbonyl (C=O) groups is 1. The van der Waals surface area contributed by atoms with Crippen LogP contribution in [0.4, 0.5) is 11.4 Å². The Kier molecular flexibility index (Phi) is 6.42. The molecule has 7 heteroatoms. The Labute approximate surface area is 177 Å². The molecule has 0 saturated heterocycles. The van der Waals surface area contributed by atoms with E-state index in [0.29, 0.717) is 17.1 Å². The number of hydrogen-bond donors (Lipinski definition) is 2. The van der Waals surface area contributed by atoms with Crippen molar-refractivity contribution in [3.63, 3.8) is 0 Å². The van der Waals surface area contributed by atoms with Crippen molar-refractivity contribution in [1.29, 1.82) is 0 Å². The summed E-state index contributed by atoms with van der Waals surface area (Å²) in [6.45, 7) is 4.09. The molecule has 3 aromatic rings. The third-order valence-electron chi connectivity index (χ3n) is 4.58. The van der Waals surface area contributed by atoms with E-state index in [4.69, 9.17) is 4.74 Å². The van der Waals surface area contributed by atoms with Crippen LogP contribution in [-0.2, 0) is 10.0 Å². The van der Waals surface area contributed by atoms with Crippen molar-refractivity contribution in [3.8, 4) is 5.75 Å². The topological polar surface area (TPSA) is 84.5 Å². The molecule has 3 rings (SSSR count). The van der Waals surface area contributed by atoms with Gasteiger partial charge >= 0.3 is 0 Å². The van der Waals surface area contributed by atoms with Crippen molar-refractivity contribution in [3.05, 3.63) is 83.9 Å². The normalized spacial score (nSPS) is 11.2. The van der Waals surface area contributed by atoms with E-state index in [-0.39, 0.29) is 22.3 Å². The van der Waals surface area contributed by atoms with Crippen molar-refractivity contribution in [2.45, 2.75) is 24.7 Å². The van der Waals surface area contributed by atoms with Crippen LogP contribution in [-0.4, -0.2) is 21.4 Å². The third kappa shape index (κ3) is 4.99. The van der Waals surface area contributed by atoms with Crippen LogP contribution in [0.25, 0.3) is 0 Å². The van der Waals surface area contributed by atoms with E-state index in [1.807, 2.05) is 38.1 Å². The van der Waals surface area contributed by atoms with Crippen LogP contribution in [0.15, 0.2) is 77.7 Å². The molecule has 0 radical (unpaired) electrons. The van der Waals surface area contributed by atoms with E-state index in [1.165, 1.54) is 19.2 Å². The number of methoxy groups -OCH3 is 1. The molecule has 0 heterocycles. The Morgan fingerprint density at radius 2 is 1.63 bits per heavy atom. The lowest BCUT2D eigenvalue weighted by Gasteiger charge is -2.14. The van der Waals surface area contributed by atoms with Crippen molar-refractivity contribution < 1.29 is 17.9 Å². The summed E-state index contributed by atoms with van der Waals surface area (Å²) in [7, 11) is -2.32. The number of amides is 1. The highest BCUT2D eigenvalue weighted by Gasteiger charge is 2.17. The fourth-order valence-electron chi connectivity index (χ4n) is 2.99. The Balaban J connectivity index is 1.82. The van der Waals surface area contributed by atoms with E-state index >= 15 is 0 Å². The molecule has 6 nitrogen and oxygen atoms in total. The zero-order valence-corrected chi connectivity index (χ0v) is 17.9. The van der Waals surface area contributed by atoms with Gasteiger partial charge in [0.15, 0.2) is 0 Å². The molecule has 0 spiro atoms. The maximum Gasteiger partial charge on any atom is 0.261 e. The predicted molar refractivity (Wildman–Crippen MR) is 119 cm³/mol. The van der Waals surface area contributed by atoms with Crippen LogP contribution in [0, 0.1) is 0 Å². The van der Waals surface area contributed by atoms with Crippen molar-refractivity contribution in [2.75, 3.05) is 17.1 Å². The minimum absolute atomic E-state index is 0.00288. The highest BCUT2D eigenvalue weighted by molar-refractivity contribution is 7.92. The second kappa shape index (κ2) is 9.00. The lowest BCUT2D eigenvalue weighted by Crippen LogP contribution is -2.16. The summed E-state index contributed by atoms with van der Waals surface area (Å²) in [4.78, 5) is 12.8. The molecule has 0 fully saturated rings. The van der Waals surface area contributed by atoms with Crippen LogP contribution in [0.2, 0.25) is 0 Å². The monoisotopic (exact) mass is 424 g/mol. The molecular weight excluding hydrogens is 400 g/mol. The fourth-order valence-corrected chi connectivity index (χ4v) is 4.09. The van der Waals surface area contributed by atoms with Gasteiger partial charge in [-0.15, -0.1) is 0 Å². The van der Waals surface area contributed by atoms with E-state index in [1.54, 1.807) is 36.4 Å². The van der Waals surface area contributed by atoms with Crippen LogP contribution in [0.1, 0.15) is 35.7 Å². The lowest BCUT2D eigenvalue weighted by molar-refractivity contribution is 0.102. The molecule has 1 amide bonds. The molecule has 0 saturated carbocycles. The van der Waals surface area contributed by atoms with E-state index in [0.717, 1.165) is 5.56 Å². The first-order valence-corrected chi connectivity index (χ1v) is 11.0. The van der Waals surface area contributed by atoms with E-state index in [2.05, 4.69) is 10.0 Å². The minimum Gasteiger partial charge on any atom is -0.497 e. The highest BCUT2D eigenvalue weighted by Crippen LogP contribution is 2.25. The quantitative estimate of drug-likeness (QED) is 0.567.